The molecule has 2 nitrogen and oxygen atoms in total. The highest BCUT2D eigenvalue weighted by Crippen LogP contribution is 2.49. The van der Waals surface area contributed by atoms with E-state index in [0.717, 1.165) is 17.0 Å². The smallest absolute Gasteiger partial charge is 0.177 e. The average molecular weight is 196 g/mol. The molecule has 1 N–H and O–H groups in total. The van der Waals surface area contributed by atoms with Crippen molar-refractivity contribution in [2.24, 2.45) is 5.41 Å². The molecule has 1 heterocycles. The van der Waals surface area contributed by atoms with Gasteiger partial charge in [0.15, 0.2) is 4.77 Å². The Kier molecular flexibility index (Phi) is 2.06. The molecule has 72 valence electrons. The van der Waals surface area contributed by atoms with E-state index in [1.54, 1.807) is 0 Å². The molecule has 0 radical (unpaired) electrons. The van der Waals surface area contributed by atoms with Crippen LogP contribution in [0.3, 0.4) is 0 Å². The lowest BCUT2D eigenvalue weighted by atomic mass is 10.0. The molecule has 13 heavy (non-hydrogen) atoms. The van der Waals surface area contributed by atoms with Gasteiger partial charge in [0.05, 0.1) is 0 Å². The van der Waals surface area contributed by atoms with Crippen LogP contribution in [0.4, 0.5) is 0 Å². The molecule has 0 bridgehead atoms. The first-order chi connectivity index (χ1) is 6.15. The molecular formula is C10H16N2S. The Morgan fingerprint density at radius 1 is 1.62 bits per heavy atom. The summed E-state index contributed by atoms with van der Waals surface area (Å²) in [7, 11) is 0. The van der Waals surface area contributed by atoms with Crippen molar-refractivity contribution in [3.05, 3.63) is 16.7 Å². The number of nitrogens with zero attached hydrogens (tertiary/aromatic N) is 1. The molecule has 1 fully saturated rings. The Hall–Kier alpha value is -0.570. The van der Waals surface area contributed by atoms with Crippen molar-refractivity contribution in [2.45, 2.75) is 39.7 Å². The number of hydrogen-bond donors (Lipinski definition) is 1. The molecule has 0 atom stereocenters. The van der Waals surface area contributed by atoms with Crippen LogP contribution in [0.2, 0.25) is 0 Å². The van der Waals surface area contributed by atoms with E-state index >= 15 is 0 Å². The minimum Gasteiger partial charge on any atom is -0.335 e. The largest absolute Gasteiger partial charge is 0.335 e. The van der Waals surface area contributed by atoms with Crippen LogP contribution in [0.5, 0.6) is 0 Å². The Labute approximate surface area is 84.0 Å². The lowest BCUT2D eigenvalue weighted by Crippen LogP contribution is -2.09. The molecule has 0 unspecified atom stereocenters. The molecule has 0 aliphatic heterocycles. The number of aromatic amines is 1. The minimum absolute atomic E-state index is 0.576. The summed E-state index contributed by atoms with van der Waals surface area (Å²) < 4.78 is 3.05. The van der Waals surface area contributed by atoms with Crippen LogP contribution >= 0.6 is 12.2 Å². The van der Waals surface area contributed by atoms with Gasteiger partial charge in [-0.2, -0.15) is 0 Å². The van der Waals surface area contributed by atoms with Gasteiger partial charge < -0.3 is 9.55 Å². The standard InChI is InChI=1S/C10H16N2S/c1-3-10(4-5-10)7-12-6-8(2)11-9(12)13/h6H,3-5,7H2,1-2H3,(H,11,13). The summed E-state index contributed by atoms with van der Waals surface area (Å²) in [5.74, 6) is 0. The summed E-state index contributed by atoms with van der Waals surface area (Å²) in [6, 6.07) is 0. The lowest BCUT2D eigenvalue weighted by molar-refractivity contribution is 0.406. The monoisotopic (exact) mass is 196 g/mol. The highest BCUT2D eigenvalue weighted by Gasteiger charge is 2.40. The summed E-state index contributed by atoms with van der Waals surface area (Å²) in [6.07, 6.45) is 6.14. The number of H-pyrrole nitrogens is 1. The first kappa shape index (κ1) is 9.00. The summed E-state index contributed by atoms with van der Waals surface area (Å²) >= 11 is 5.22. The molecule has 1 saturated carbocycles. The van der Waals surface area contributed by atoms with Gasteiger partial charge >= 0.3 is 0 Å². The molecular weight excluding hydrogens is 180 g/mol. The van der Waals surface area contributed by atoms with Crippen molar-refractivity contribution in [1.82, 2.24) is 9.55 Å². The van der Waals surface area contributed by atoms with Gasteiger partial charge in [0.1, 0.15) is 0 Å². The van der Waals surface area contributed by atoms with Gasteiger partial charge in [-0.1, -0.05) is 6.92 Å². The third kappa shape index (κ3) is 1.70. The number of aromatic nitrogens is 2. The Balaban J connectivity index is 2.18. The van der Waals surface area contributed by atoms with Gasteiger partial charge in [0, 0.05) is 18.4 Å². The third-order valence-corrected chi connectivity index (χ3v) is 3.46. The second kappa shape index (κ2) is 2.98. The van der Waals surface area contributed by atoms with Gasteiger partial charge in [0.25, 0.3) is 0 Å². The van der Waals surface area contributed by atoms with E-state index < -0.39 is 0 Å². The highest BCUT2D eigenvalue weighted by atomic mass is 32.1. The predicted molar refractivity (Wildman–Crippen MR) is 56.3 cm³/mol. The Morgan fingerprint density at radius 2 is 2.31 bits per heavy atom. The van der Waals surface area contributed by atoms with Gasteiger partial charge in [-0.3, -0.25) is 0 Å². The molecule has 0 aromatic carbocycles. The quantitative estimate of drug-likeness (QED) is 0.737. The molecule has 3 heteroatoms. The van der Waals surface area contributed by atoms with Crippen LogP contribution in [0.15, 0.2) is 6.20 Å². The fourth-order valence-corrected chi connectivity index (χ4v) is 2.12. The fraction of sp³-hybridized carbons (Fsp3) is 0.700. The first-order valence-electron chi connectivity index (χ1n) is 4.91. The van der Waals surface area contributed by atoms with E-state index in [1.807, 2.05) is 0 Å². The van der Waals surface area contributed by atoms with Crippen molar-refractivity contribution < 1.29 is 0 Å². The van der Waals surface area contributed by atoms with Gasteiger partial charge in [0.2, 0.25) is 0 Å². The number of rotatable bonds is 3. The van der Waals surface area contributed by atoms with Crippen LogP contribution < -0.4 is 0 Å². The summed E-state index contributed by atoms with van der Waals surface area (Å²) in [4.78, 5) is 3.16. The van der Waals surface area contributed by atoms with Crippen LogP contribution in [0.1, 0.15) is 31.9 Å². The summed E-state index contributed by atoms with van der Waals surface area (Å²) in [6.45, 7) is 5.43. The number of aryl methyl sites for hydroxylation is 1. The molecule has 0 amide bonds. The van der Waals surface area contributed by atoms with Gasteiger partial charge in [-0.25, -0.2) is 0 Å². The van der Waals surface area contributed by atoms with Crippen LogP contribution in [0, 0.1) is 17.1 Å². The zero-order chi connectivity index (χ0) is 9.47. The van der Waals surface area contributed by atoms with Crippen molar-refractivity contribution in [3.8, 4) is 0 Å². The van der Waals surface area contributed by atoms with Gasteiger partial charge in [-0.05, 0) is 43.8 Å². The summed E-state index contributed by atoms with van der Waals surface area (Å²) in [5.41, 5.74) is 1.74. The second-order valence-corrected chi connectivity index (χ2v) is 4.61. The maximum absolute atomic E-state index is 5.22. The fourth-order valence-electron chi connectivity index (χ4n) is 1.84. The van der Waals surface area contributed by atoms with Crippen molar-refractivity contribution in [2.75, 3.05) is 0 Å². The first-order valence-corrected chi connectivity index (χ1v) is 5.32. The minimum atomic E-state index is 0.576. The van der Waals surface area contributed by atoms with Crippen molar-refractivity contribution in [1.29, 1.82) is 0 Å². The maximum atomic E-state index is 5.22. The number of imidazole rings is 1. The molecule has 1 aliphatic rings. The van der Waals surface area contributed by atoms with E-state index in [2.05, 4.69) is 29.6 Å². The van der Waals surface area contributed by atoms with Crippen molar-refractivity contribution >= 4 is 12.2 Å². The van der Waals surface area contributed by atoms with E-state index in [4.69, 9.17) is 12.2 Å². The molecule has 0 saturated heterocycles. The van der Waals surface area contributed by atoms with Crippen molar-refractivity contribution in [3.63, 3.8) is 0 Å². The van der Waals surface area contributed by atoms with Crippen LogP contribution in [-0.2, 0) is 6.54 Å². The zero-order valence-electron chi connectivity index (χ0n) is 8.26. The highest BCUT2D eigenvalue weighted by molar-refractivity contribution is 7.71. The third-order valence-electron chi connectivity index (χ3n) is 3.13. The zero-order valence-corrected chi connectivity index (χ0v) is 9.08. The Morgan fingerprint density at radius 3 is 2.69 bits per heavy atom. The molecule has 1 aromatic heterocycles. The summed E-state index contributed by atoms with van der Waals surface area (Å²) in [5, 5.41) is 0. The number of hydrogen-bond acceptors (Lipinski definition) is 1. The Bertz CT molecular complexity index is 357. The average Bonchev–Trinajstić information content (AvgIpc) is 2.77. The predicted octanol–water partition coefficient (Wildman–Crippen LogP) is 3.04. The molecule has 2 rings (SSSR count). The van der Waals surface area contributed by atoms with E-state index in [1.165, 1.54) is 19.3 Å². The lowest BCUT2D eigenvalue weighted by Gasteiger charge is -2.12. The van der Waals surface area contributed by atoms with E-state index in [0.29, 0.717) is 5.41 Å². The second-order valence-electron chi connectivity index (χ2n) is 4.22. The molecule has 1 aromatic rings. The van der Waals surface area contributed by atoms with E-state index in [9.17, 15) is 0 Å². The maximum Gasteiger partial charge on any atom is 0.177 e. The normalized spacial score (nSPS) is 18.9. The van der Waals surface area contributed by atoms with Gasteiger partial charge in [-0.15, -0.1) is 0 Å². The number of nitrogens with one attached hydrogen (secondary N) is 1. The molecule has 1 aliphatic carbocycles. The molecule has 0 spiro atoms. The van der Waals surface area contributed by atoms with Crippen LogP contribution in [-0.4, -0.2) is 9.55 Å². The van der Waals surface area contributed by atoms with E-state index in [-0.39, 0.29) is 0 Å². The SMILES string of the molecule is CCC1(Cn2cc(C)[nH]c2=S)CC1. The topological polar surface area (TPSA) is 20.7 Å². The van der Waals surface area contributed by atoms with Crippen LogP contribution in [0.25, 0.3) is 0 Å².